The van der Waals surface area contributed by atoms with Crippen LogP contribution in [0.4, 0.5) is 10.6 Å². The van der Waals surface area contributed by atoms with Crippen molar-refractivity contribution in [1.82, 2.24) is 29.5 Å². The molecule has 12 nitrogen and oxygen atoms in total. The molecule has 3 heterocycles. The minimum atomic E-state index is -0.664. The topological polar surface area (TPSA) is 149 Å². The third-order valence-corrected chi connectivity index (χ3v) is 7.41. The molecule has 4 aromatic rings. The lowest BCUT2D eigenvalue weighted by atomic mass is 10.0. The van der Waals surface area contributed by atoms with E-state index in [9.17, 15) is 14.7 Å². The molecule has 1 aliphatic rings. The van der Waals surface area contributed by atoms with E-state index in [1.807, 2.05) is 64.2 Å². The van der Waals surface area contributed by atoms with E-state index in [2.05, 4.69) is 9.97 Å². The van der Waals surface area contributed by atoms with Crippen LogP contribution in [0.25, 0.3) is 22.3 Å². The summed E-state index contributed by atoms with van der Waals surface area (Å²) in [6.45, 7) is 6.49. The number of carbonyl (C=O) groups excluding carboxylic acids is 2. The Hall–Kier alpha value is -4.71. The first kappa shape index (κ1) is 30.7. The summed E-state index contributed by atoms with van der Waals surface area (Å²) in [6, 6.07) is 17.3. The minimum absolute atomic E-state index is 0.0120. The van der Waals surface area contributed by atoms with Crippen LogP contribution in [-0.4, -0.2) is 85.0 Å². The van der Waals surface area contributed by atoms with Gasteiger partial charge in [0.25, 0.3) is 0 Å². The molecular formula is C32H39N7O5. The zero-order chi connectivity index (χ0) is 31.3. The molecule has 2 aromatic heterocycles. The highest BCUT2D eigenvalue weighted by molar-refractivity contribution is 5.98. The Bertz CT molecular complexity index is 1580. The van der Waals surface area contributed by atoms with E-state index in [4.69, 9.17) is 20.3 Å². The number of nitrogens with two attached hydrogens (primary N) is 1. The van der Waals surface area contributed by atoms with Crippen molar-refractivity contribution >= 4 is 28.9 Å². The molecule has 0 aliphatic carbocycles. The third-order valence-electron chi connectivity index (χ3n) is 7.41. The number of carbonyl (C=O) groups is 2. The van der Waals surface area contributed by atoms with Gasteiger partial charge in [-0.15, -0.1) is 0 Å². The maximum absolute atomic E-state index is 13.1. The van der Waals surface area contributed by atoms with Crippen LogP contribution < -0.4 is 10.5 Å². The first-order valence-corrected chi connectivity index (χ1v) is 14.8. The lowest BCUT2D eigenvalue weighted by Crippen LogP contribution is -2.43. The fourth-order valence-electron chi connectivity index (χ4n) is 5.25. The molecule has 0 atom stereocenters. The predicted octanol–water partition coefficient (Wildman–Crippen LogP) is 4.65. The SMILES string of the molecule is CC(C)(C)OC(=O)N(CCO)CCC(=O)N1CCC(n2nc(-c3ccc(Oc4ccccc4)cc3)c3c(N)ncnc32)CC1. The molecule has 1 aliphatic heterocycles. The molecule has 2 aromatic carbocycles. The zero-order valence-electron chi connectivity index (χ0n) is 25.3. The standard InChI is InChI=1S/C32H39N7O5/c1-32(2,3)44-31(42)38(19-20-40)18-15-26(41)37-16-13-23(14-17-37)39-30-27(29(33)34-21-35-30)28(36-39)22-9-11-25(12-10-22)43-24-7-5-4-6-8-24/h4-12,21,23,40H,13-20H2,1-3H3,(H2,33,34,35). The molecule has 1 fully saturated rings. The maximum atomic E-state index is 13.1. The van der Waals surface area contributed by atoms with Crippen molar-refractivity contribution in [2.24, 2.45) is 0 Å². The van der Waals surface area contributed by atoms with Crippen molar-refractivity contribution in [3.8, 4) is 22.8 Å². The summed E-state index contributed by atoms with van der Waals surface area (Å²) in [5, 5.41) is 15.0. The van der Waals surface area contributed by atoms with E-state index in [-0.39, 0.29) is 38.1 Å². The minimum Gasteiger partial charge on any atom is -0.457 e. The van der Waals surface area contributed by atoms with Crippen LogP contribution in [0.5, 0.6) is 11.5 Å². The van der Waals surface area contributed by atoms with Gasteiger partial charge in [-0.2, -0.15) is 5.10 Å². The van der Waals surface area contributed by atoms with Crippen molar-refractivity contribution in [1.29, 1.82) is 0 Å². The normalized spacial score (nSPS) is 14.0. The van der Waals surface area contributed by atoms with Gasteiger partial charge in [-0.05, 0) is 70.0 Å². The van der Waals surface area contributed by atoms with Crippen LogP contribution in [0.15, 0.2) is 60.9 Å². The largest absolute Gasteiger partial charge is 0.457 e. The van der Waals surface area contributed by atoms with Crippen LogP contribution >= 0.6 is 0 Å². The van der Waals surface area contributed by atoms with Gasteiger partial charge in [-0.25, -0.2) is 19.4 Å². The molecule has 0 saturated carbocycles. The second-order valence-corrected chi connectivity index (χ2v) is 11.7. The van der Waals surface area contributed by atoms with Gasteiger partial charge < -0.3 is 30.1 Å². The lowest BCUT2D eigenvalue weighted by Gasteiger charge is -2.33. The van der Waals surface area contributed by atoms with Gasteiger partial charge in [0.2, 0.25) is 5.91 Å². The second kappa shape index (κ2) is 13.3. The number of nitrogens with zero attached hydrogens (tertiary/aromatic N) is 6. The Morgan fingerprint density at radius 2 is 1.68 bits per heavy atom. The number of ether oxygens (including phenoxy) is 2. The number of piperidine rings is 1. The quantitative estimate of drug-likeness (QED) is 0.280. The van der Waals surface area contributed by atoms with E-state index < -0.39 is 11.7 Å². The summed E-state index contributed by atoms with van der Waals surface area (Å²) in [5.74, 6) is 1.76. The highest BCUT2D eigenvalue weighted by Crippen LogP contribution is 2.35. The Morgan fingerprint density at radius 3 is 2.34 bits per heavy atom. The summed E-state index contributed by atoms with van der Waals surface area (Å²) in [5.41, 5.74) is 7.87. The molecule has 0 radical (unpaired) electrons. The number of anilines is 1. The van der Waals surface area contributed by atoms with Crippen molar-refractivity contribution < 1.29 is 24.2 Å². The average Bonchev–Trinajstić information content (AvgIpc) is 3.40. The Balaban J connectivity index is 1.26. The van der Waals surface area contributed by atoms with Crippen LogP contribution in [-0.2, 0) is 9.53 Å². The molecule has 12 heteroatoms. The Labute approximate surface area is 256 Å². The zero-order valence-corrected chi connectivity index (χ0v) is 25.3. The van der Waals surface area contributed by atoms with Crippen molar-refractivity contribution in [2.45, 2.75) is 51.7 Å². The Morgan fingerprint density at radius 1 is 1.00 bits per heavy atom. The number of aliphatic hydroxyl groups excluding tert-OH is 1. The Kier molecular flexibility index (Phi) is 9.29. The summed E-state index contributed by atoms with van der Waals surface area (Å²) < 4.78 is 13.3. The molecule has 0 bridgehead atoms. The lowest BCUT2D eigenvalue weighted by molar-refractivity contribution is -0.132. The first-order chi connectivity index (χ1) is 21.1. The van der Waals surface area contributed by atoms with Gasteiger partial charge in [0.05, 0.1) is 18.0 Å². The van der Waals surface area contributed by atoms with Crippen LogP contribution in [0.2, 0.25) is 0 Å². The summed E-state index contributed by atoms with van der Waals surface area (Å²) >= 11 is 0. The van der Waals surface area contributed by atoms with E-state index >= 15 is 0 Å². The molecule has 1 saturated heterocycles. The molecule has 5 rings (SSSR count). The van der Waals surface area contributed by atoms with Crippen LogP contribution in [0, 0.1) is 0 Å². The van der Waals surface area contributed by atoms with E-state index in [1.165, 1.54) is 11.2 Å². The summed E-state index contributed by atoms with van der Waals surface area (Å²) in [4.78, 5) is 37.5. The molecule has 2 amide bonds. The molecular weight excluding hydrogens is 562 g/mol. The van der Waals surface area contributed by atoms with E-state index in [0.717, 1.165) is 11.3 Å². The summed E-state index contributed by atoms with van der Waals surface area (Å²) in [6.07, 6.45) is 2.41. The van der Waals surface area contributed by atoms with E-state index in [0.29, 0.717) is 54.2 Å². The molecule has 3 N–H and O–H groups in total. The van der Waals surface area contributed by atoms with Crippen LogP contribution in [0.1, 0.15) is 46.1 Å². The second-order valence-electron chi connectivity index (χ2n) is 11.7. The van der Waals surface area contributed by atoms with Gasteiger partial charge in [0, 0.05) is 38.2 Å². The number of benzene rings is 2. The highest BCUT2D eigenvalue weighted by atomic mass is 16.6. The molecule has 44 heavy (non-hydrogen) atoms. The monoisotopic (exact) mass is 601 g/mol. The highest BCUT2D eigenvalue weighted by Gasteiger charge is 2.29. The number of amides is 2. The third kappa shape index (κ3) is 7.25. The number of likely N-dealkylation sites (tertiary alicyclic amines) is 1. The average molecular weight is 602 g/mol. The maximum Gasteiger partial charge on any atom is 0.410 e. The number of rotatable bonds is 9. The van der Waals surface area contributed by atoms with Gasteiger partial charge in [-0.3, -0.25) is 4.79 Å². The molecule has 232 valence electrons. The molecule has 0 unspecified atom stereocenters. The fourth-order valence-corrected chi connectivity index (χ4v) is 5.25. The summed E-state index contributed by atoms with van der Waals surface area (Å²) in [7, 11) is 0. The van der Waals surface area contributed by atoms with Crippen LogP contribution in [0.3, 0.4) is 0 Å². The number of para-hydroxylation sites is 1. The van der Waals surface area contributed by atoms with Crippen molar-refractivity contribution in [3.05, 3.63) is 60.9 Å². The van der Waals surface area contributed by atoms with Gasteiger partial charge >= 0.3 is 6.09 Å². The van der Waals surface area contributed by atoms with Crippen molar-refractivity contribution in [2.75, 3.05) is 38.5 Å². The van der Waals surface area contributed by atoms with Crippen molar-refractivity contribution in [3.63, 3.8) is 0 Å². The van der Waals surface area contributed by atoms with Gasteiger partial charge in [0.1, 0.15) is 34.9 Å². The number of aliphatic hydroxyl groups is 1. The first-order valence-electron chi connectivity index (χ1n) is 14.8. The molecule has 0 spiro atoms. The number of aromatic nitrogens is 4. The number of hydrogen-bond acceptors (Lipinski definition) is 9. The fraction of sp³-hybridized carbons (Fsp3) is 0.406. The van der Waals surface area contributed by atoms with E-state index in [1.54, 1.807) is 20.8 Å². The number of nitrogen functional groups attached to an aromatic ring is 1. The van der Waals surface area contributed by atoms with Gasteiger partial charge in [0.15, 0.2) is 5.65 Å². The van der Waals surface area contributed by atoms with Gasteiger partial charge in [-0.1, -0.05) is 18.2 Å². The number of fused-ring (bicyclic) bond motifs is 1. The number of hydrogen-bond donors (Lipinski definition) is 2. The predicted molar refractivity (Wildman–Crippen MR) is 166 cm³/mol. The smallest absolute Gasteiger partial charge is 0.410 e.